The van der Waals surface area contributed by atoms with Gasteiger partial charge in [0.1, 0.15) is 11.9 Å². The first-order valence-corrected chi connectivity index (χ1v) is 9.32. The number of rotatable bonds is 8. The summed E-state index contributed by atoms with van der Waals surface area (Å²) in [7, 11) is 0. The number of amides is 2. The van der Waals surface area contributed by atoms with Crippen LogP contribution in [0, 0.1) is 0 Å². The molecule has 0 bridgehead atoms. The van der Waals surface area contributed by atoms with Gasteiger partial charge in [0, 0.05) is 17.8 Å². The van der Waals surface area contributed by atoms with Gasteiger partial charge >= 0.3 is 6.09 Å². The van der Waals surface area contributed by atoms with Crippen molar-refractivity contribution in [1.82, 2.24) is 5.48 Å². The van der Waals surface area contributed by atoms with E-state index in [2.05, 4.69) is 5.32 Å². The predicted molar refractivity (Wildman–Crippen MR) is 106 cm³/mol. The monoisotopic (exact) mass is 414 g/mol. The molecule has 0 fully saturated rings. The lowest BCUT2D eigenvalue weighted by molar-refractivity contribution is -0.124. The van der Waals surface area contributed by atoms with Crippen molar-refractivity contribution in [3.8, 4) is 17.2 Å². The highest BCUT2D eigenvalue weighted by Crippen LogP contribution is 2.34. The molecule has 0 radical (unpaired) electrons. The van der Waals surface area contributed by atoms with E-state index in [1.165, 1.54) is 23.7 Å². The number of ether oxygens (including phenoxy) is 3. The second kappa shape index (κ2) is 10.2. The number of hydroxylamine groups is 1. The molecule has 2 aromatic carbocycles. The first kappa shape index (κ1) is 21.0. The van der Waals surface area contributed by atoms with E-state index in [9.17, 15) is 14.7 Å². The van der Waals surface area contributed by atoms with Crippen molar-refractivity contribution in [2.45, 2.75) is 25.4 Å². The molecule has 0 unspecified atom stereocenters. The van der Waals surface area contributed by atoms with Crippen LogP contribution in [0.3, 0.4) is 0 Å². The number of hydrogen-bond acceptors (Lipinski definition) is 7. The van der Waals surface area contributed by atoms with Gasteiger partial charge in [0.15, 0.2) is 11.5 Å². The van der Waals surface area contributed by atoms with Crippen molar-refractivity contribution in [3.05, 3.63) is 60.2 Å². The molecule has 0 aromatic heterocycles. The zero-order valence-corrected chi connectivity index (χ0v) is 16.0. The van der Waals surface area contributed by atoms with Gasteiger partial charge in [-0.2, -0.15) is 0 Å². The summed E-state index contributed by atoms with van der Waals surface area (Å²) < 4.78 is 16.1. The normalized spacial score (nSPS) is 13.1. The number of allylic oxidation sites excluding steroid dienone is 1. The van der Waals surface area contributed by atoms with Crippen LogP contribution in [0.1, 0.15) is 30.9 Å². The topological polar surface area (TPSA) is 126 Å². The quantitative estimate of drug-likeness (QED) is 0.225. The second-order valence-corrected chi connectivity index (χ2v) is 6.49. The van der Waals surface area contributed by atoms with Crippen molar-refractivity contribution in [2.75, 3.05) is 12.1 Å². The summed E-state index contributed by atoms with van der Waals surface area (Å²) in [6.45, 7) is 0.139. The Hall–Kier alpha value is -3.72. The first-order chi connectivity index (χ1) is 14.5. The molecule has 2 amide bonds. The minimum absolute atomic E-state index is 0.111. The number of carbonyl (C=O) groups is 2. The van der Waals surface area contributed by atoms with Gasteiger partial charge in [-0.25, -0.2) is 10.3 Å². The van der Waals surface area contributed by atoms with Crippen molar-refractivity contribution in [1.29, 1.82) is 0 Å². The summed E-state index contributed by atoms with van der Waals surface area (Å²) in [5, 5.41) is 20.6. The molecular formula is C21H22N2O7. The standard InChI is InChI=1S/C21H22N2O7/c24-16-9-6-14(7-10-16)17(4-2-1-3-5-20(25)23-27)30-21(26)22-15-8-11-18-19(12-15)29-13-28-18/h3,5-12,17,24,27H,1-2,4,13H2,(H,22,26)(H,23,25)/b5-3+/t17-/m1/s1. The van der Waals surface area contributed by atoms with Crippen molar-refractivity contribution >= 4 is 17.7 Å². The number of nitrogens with one attached hydrogen (secondary N) is 2. The van der Waals surface area contributed by atoms with Crippen LogP contribution in [-0.2, 0) is 9.53 Å². The maximum Gasteiger partial charge on any atom is 0.412 e. The molecule has 3 rings (SSSR count). The maximum absolute atomic E-state index is 12.4. The fraction of sp³-hybridized carbons (Fsp3) is 0.238. The van der Waals surface area contributed by atoms with Crippen LogP contribution >= 0.6 is 0 Å². The molecule has 1 aliphatic heterocycles. The van der Waals surface area contributed by atoms with E-state index in [4.69, 9.17) is 19.4 Å². The third-order valence-electron chi connectivity index (χ3n) is 4.35. The van der Waals surface area contributed by atoms with E-state index in [0.29, 0.717) is 36.4 Å². The predicted octanol–water partition coefficient (Wildman–Crippen LogP) is 3.64. The third-order valence-corrected chi connectivity index (χ3v) is 4.35. The highest BCUT2D eigenvalue weighted by atomic mass is 16.7. The number of carbonyl (C=O) groups excluding carboxylic acids is 2. The molecule has 0 spiro atoms. The van der Waals surface area contributed by atoms with Gasteiger partial charge in [-0.05, 0) is 49.1 Å². The zero-order valence-electron chi connectivity index (χ0n) is 16.0. The minimum Gasteiger partial charge on any atom is -0.508 e. The second-order valence-electron chi connectivity index (χ2n) is 6.49. The summed E-state index contributed by atoms with van der Waals surface area (Å²) in [6, 6.07) is 11.4. The van der Waals surface area contributed by atoms with Gasteiger partial charge in [0.2, 0.25) is 6.79 Å². The molecule has 1 atom stereocenters. The number of unbranched alkanes of at least 4 members (excludes halogenated alkanes) is 1. The van der Waals surface area contributed by atoms with Crippen LogP contribution < -0.4 is 20.3 Å². The molecule has 0 aliphatic carbocycles. The van der Waals surface area contributed by atoms with E-state index in [1.54, 1.807) is 36.4 Å². The molecular weight excluding hydrogens is 392 g/mol. The fourth-order valence-electron chi connectivity index (χ4n) is 2.88. The summed E-state index contributed by atoms with van der Waals surface area (Å²) in [6.07, 6.45) is 3.31. The number of fused-ring (bicyclic) bond motifs is 1. The number of phenols is 1. The molecule has 1 heterocycles. The van der Waals surface area contributed by atoms with Gasteiger partial charge < -0.3 is 19.3 Å². The average Bonchev–Trinajstić information content (AvgIpc) is 3.21. The molecule has 9 nitrogen and oxygen atoms in total. The van der Waals surface area contributed by atoms with Crippen LogP contribution in [0.4, 0.5) is 10.5 Å². The number of aromatic hydroxyl groups is 1. The van der Waals surface area contributed by atoms with E-state index >= 15 is 0 Å². The number of anilines is 1. The maximum atomic E-state index is 12.4. The Balaban J connectivity index is 1.60. The van der Waals surface area contributed by atoms with Gasteiger partial charge in [-0.3, -0.25) is 15.3 Å². The van der Waals surface area contributed by atoms with Crippen molar-refractivity contribution in [2.24, 2.45) is 0 Å². The lowest BCUT2D eigenvalue weighted by Crippen LogP contribution is -2.17. The molecule has 0 saturated carbocycles. The highest BCUT2D eigenvalue weighted by molar-refractivity contribution is 5.86. The van der Waals surface area contributed by atoms with E-state index in [-0.39, 0.29) is 12.5 Å². The van der Waals surface area contributed by atoms with Crippen LogP contribution in [0.15, 0.2) is 54.6 Å². The van der Waals surface area contributed by atoms with Gasteiger partial charge in [0.05, 0.1) is 0 Å². The minimum atomic E-state index is -0.637. The molecule has 1 aliphatic rings. The van der Waals surface area contributed by atoms with Crippen LogP contribution in [0.2, 0.25) is 0 Å². The zero-order chi connectivity index (χ0) is 21.3. The van der Waals surface area contributed by atoms with Gasteiger partial charge in [-0.15, -0.1) is 0 Å². The van der Waals surface area contributed by atoms with Gasteiger partial charge in [0.25, 0.3) is 5.91 Å². The largest absolute Gasteiger partial charge is 0.508 e. The van der Waals surface area contributed by atoms with E-state index in [0.717, 1.165) is 5.56 Å². The first-order valence-electron chi connectivity index (χ1n) is 9.32. The summed E-state index contributed by atoms with van der Waals surface area (Å²) in [5.74, 6) is 0.658. The van der Waals surface area contributed by atoms with Gasteiger partial charge in [-0.1, -0.05) is 18.2 Å². The Morgan fingerprint density at radius 3 is 2.67 bits per heavy atom. The lowest BCUT2D eigenvalue weighted by atomic mass is 10.0. The number of hydrogen-bond donors (Lipinski definition) is 4. The number of benzene rings is 2. The molecule has 2 aromatic rings. The van der Waals surface area contributed by atoms with E-state index in [1.807, 2.05) is 0 Å². The van der Waals surface area contributed by atoms with Crippen LogP contribution in [0.5, 0.6) is 17.2 Å². The molecule has 158 valence electrons. The lowest BCUT2D eigenvalue weighted by Gasteiger charge is -2.19. The number of phenolic OH excluding ortho intramolecular Hbond substituents is 1. The van der Waals surface area contributed by atoms with E-state index < -0.39 is 18.1 Å². The average molecular weight is 414 g/mol. The third kappa shape index (κ3) is 5.89. The Bertz CT molecular complexity index is 912. The molecule has 30 heavy (non-hydrogen) atoms. The summed E-state index contributed by atoms with van der Waals surface area (Å²) in [5.41, 5.74) is 2.75. The Morgan fingerprint density at radius 1 is 1.13 bits per heavy atom. The fourth-order valence-corrected chi connectivity index (χ4v) is 2.88. The molecule has 4 N–H and O–H groups in total. The SMILES string of the molecule is O=C(/C=C/CCC[C@@H](OC(=O)Nc1ccc2c(c1)OCO2)c1ccc(O)cc1)NO. The van der Waals surface area contributed by atoms with Crippen LogP contribution in [-0.4, -0.2) is 29.1 Å². The molecule has 0 saturated heterocycles. The Labute approximate surface area is 172 Å². The van der Waals surface area contributed by atoms with Crippen molar-refractivity contribution in [3.63, 3.8) is 0 Å². The van der Waals surface area contributed by atoms with Crippen molar-refractivity contribution < 1.29 is 34.1 Å². The Kier molecular flexibility index (Phi) is 7.12. The summed E-state index contributed by atoms with van der Waals surface area (Å²) >= 11 is 0. The smallest absolute Gasteiger partial charge is 0.412 e. The Morgan fingerprint density at radius 2 is 1.90 bits per heavy atom. The van der Waals surface area contributed by atoms with Crippen LogP contribution in [0.25, 0.3) is 0 Å². The summed E-state index contributed by atoms with van der Waals surface area (Å²) in [4.78, 5) is 23.4. The highest BCUT2D eigenvalue weighted by Gasteiger charge is 2.18. The molecule has 9 heteroatoms.